The molecule has 1 atom stereocenters. The van der Waals surface area contributed by atoms with Crippen LogP contribution in [0.25, 0.3) is 0 Å². The molecule has 0 aliphatic carbocycles. The van der Waals surface area contributed by atoms with Crippen molar-refractivity contribution in [1.29, 1.82) is 0 Å². The lowest BCUT2D eigenvalue weighted by atomic mass is 10.0. The molecule has 0 radical (unpaired) electrons. The van der Waals surface area contributed by atoms with Crippen molar-refractivity contribution in [2.24, 2.45) is 0 Å². The van der Waals surface area contributed by atoms with E-state index in [1.54, 1.807) is 51.1 Å². The number of carbonyl (C=O) groups is 2. The summed E-state index contributed by atoms with van der Waals surface area (Å²) in [6.45, 7) is 5.68. The molecule has 0 heterocycles. The number of nitrogens with zero attached hydrogens (tertiary/aromatic N) is 1. The van der Waals surface area contributed by atoms with Gasteiger partial charge in [-0.25, -0.2) is 9.18 Å². The summed E-state index contributed by atoms with van der Waals surface area (Å²) in [6.07, 6.45) is -0.864. The van der Waals surface area contributed by atoms with E-state index in [1.165, 1.54) is 31.2 Å². The van der Waals surface area contributed by atoms with Gasteiger partial charge in [-0.3, -0.25) is 4.79 Å². The number of hydrogen-bond donors (Lipinski definition) is 2. The predicted molar refractivity (Wildman–Crippen MR) is 106 cm³/mol. The van der Waals surface area contributed by atoms with Crippen LogP contribution in [0, 0.1) is 5.82 Å². The number of para-hydroxylation sites is 1. The first kappa shape index (κ1) is 22.2. The second-order valence-electron chi connectivity index (χ2n) is 7.60. The van der Waals surface area contributed by atoms with E-state index in [0.717, 1.165) is 5.06 Å². The van der Waals surface area contributed by atoms with E-state index in [0.29, 0.717) is 5.69 Å². The molecular weight excluding hydrogens is 379 g/mol. The van der Waals surface area contributed by atoms with E-state index in [-0.39, 0.29) is 5.75 Å². The fraction of sp³-hybridized carbons (Fsp3) is 0.333. The molecule has 2 N–H and O–H groups in total. The van der Waals surface area contributed by atoms with E-state index in [4.69, 9.17) is 9.57 Å². The maximum absolute atomic E-state index is 13.3. The molecule has 2 aromatic carbocycles. The van der Waals surface area contributed by atoms with Crippen LogP contribution < -0.4 is 15.2 Å². The first-order chi connectivity index (χ1) is 13.5. The zero-order valence-corrected chi connectivity index (χ0v) is 16.8. The van der Waals surface area contributed by atoms with Gasteiger partial charge in [0.2, 0.25) is 0 Å². The summed E-state index contributed by atoms with van der Waals surface area (Å²) in [4.78, 5) is 31.1. The monoisotopic (exact) mass is 404 g/mol. The SMILES string of the molecule is CC(C)(C)OC(=O)NC(C)(CO)C(=O)N(Oc1ccc(F)cc1)c1ccccc1. The lowest BCUT2D eigenvalue weighted by molar-refractivity contribution is -0.130. The van der Waals surface area contributed by atoms with Crippen LogP contribution in [0.5, 0.6) is 5.75 Å². The average molecular weight is 404 g/mol. The number of alkyl carbamates (subject to hydrolysis) is 1. The second-order valence-corrected chi connectivity index (χ2v) is 7.60. The van der Waals surface area contributed by atoms with Crippen molar-refractivity contribution < 1.29 is 28.7 Å². The molecule has 0 fully saturated rings. The van der Waals surface area contributed by atoms with E-state index < -0.39 is 35.6 Å². The molecule has 0 aromatic heterocycles. The number of carbonyl (C=O) groups excluding carboxylic acids is 2. The number of aliphatic hydroxyl groups excluding tert-OH is 1. The number of ether oxygens (including phenoxy) is 1. The highest BCUT2D eigenvalue weighted by Crippen LogP contribution is 2.23. The zero-order chi connectivity index (χ0) is 21.7. The van der Waals surface area contributed by atoms with Crippen molar-refractivity contribution in [1.82, 2.24) is 5.32 Å². The number of benzene rings is 2. The Morgan fingerprint density at radius 3 is 2.14 bits per heavy atom. The molecule has 29 heavy (non-hydrogen) atoms. The lowest BCUT2D eigenvalue weighted by Gasteiger charge is -2.33. The van der Waals surface area contributed by atoms with Gasteiger partial charge in [0.1, 0.15) is 17.0 Å². The Hall–Kier alpha value is -3.13. The van der Waals surface area contributed by atoms with Crippen LogP contribution in [0.1, 0.15) is 27.7 Å². The van der Waals surface area contributed by atoms with Gasteiger partial charge in [-0.05, 0) is 64.1 Å². The van der Waals surface area contributed by atoms with E-state index in [1.807, 2.05) is 0 Å². The van der Waals surface area contributed by atoms with Crippen LogP contribution in [0.3, 0.4) is 0 Å². The Balaban J connectivity index is 2.33. The van der Waals surface area contributed by atoms with Crippen molar-refractivity contribution in [2.45, 2.75) is 38.8 Å². The summed E-state index contributed by atoms with van der Waals surface area (Å²) in [6, 6.07) is 13.5. The van der Waals surface area contributed by atoms with Gasteiger partial charge in [0.05, 0.1) is 12.3 Å². The Bertz CT molecular complexity index is 836. The van der Waals surface area contributed by atoms with Crippen LogP contribution in [0.2, 0.25) is 0 Å². The highest BCUT2D eigenvalue weighted by molar-refractivity contribution is 6.00. The van der Waals surface area contributed by atoms with Crippen molar-refractivity contribution in [3.63, 3.8) is 0 Å². The number of anilines is 1. The molecule has 0 saturated carbocycles. The number of hydrogen-bond acceptors (Lipinski definition) is 5. The predicted octanol–water partition coefficient (Wildman–Crippen LogP) is 3.43. The summed E-state index contributed by atoms with van der Waals surface area (Å²) in [5.74, 6) is -1.01. The summed E-state index contributed by atoms with van der Waals surface area (Å²) < 4.78 is 18.4. The standard InChI is InChI=1S/C21H25FN2O5/c1-20(2,3)28-19(27)23-21(4,14-25)18(26)24(16-8-6-5-7-9-16)29-17-12-10-15(22)11-13-17/h5-13,25H,14H2,1-4H3,(H,23,27). The summed E-state index contributed by atoms with van der Waals surface area (Å²) in [7, 11) is 0. The van der Waals surface area contributed by atoms with Crippen LogP contribution in [-0.4, -0.2) is 34.9 Å². The Morgan fingerprint density at radius 2 is 1.62 bits per heavy atom. The number of nitrogens with one attached hydrogen (secondary N) is 1. The Morgan fingerprint density at radius 1 is 1.03 bits per heavy atom. The average Bonchev–Trinajstić information content (AvgIpc) is 2.66. The number of amides is 2. The normalized spacial score (nSPS) is 13.2. The van der Waals surface area contributed by atoms with Crippen molar-refractivity contribution in [2.75, 3.05) is 11.7 Å². The number of halogens is 1. The topological polar surface area (TPSA) is 88.1 Å². The lowest BCUT2D eigenvalue weighted by Crippen LogP contribution is -2.61. The minimum atomic E-state index is -1.74. The molecule has 0 spiro atoms. The largest absolute Gasteiger partial charge is 0.444 e. The molecule has 2 amide bonds. The van der Waals surface area contributed by atoms with Gasteiger partial charge in [0.15, 0.2) is 5.75 Å². The zero-order valence-electron chi connectivity index (χ0n) is 16.8. The molecule has 2 rings (SSSR count). The fourth-order valence-electron chi connectivity index (χ4n) is 2.29. The smallest absolute Gasteiger partial charge is 0.408 e. The highest BCUT2D eigenvalue weighted by atomic mass is 19.1. The van der Waals surface area contributed by atoms with Crippen LogP contribution in [0.4, 0.5) is 14.9 Å². The van der Waals surface area contributed by atoms with Crippen LogP contribution in [0.15, 0.2) is 54.6 Å². The van der Waals surface area contributed by atoms with Crippen molar-refractivity contribution in [3.05, 3.63) is 60.4 Å². The highest BCUT2D eigenvalue weighted by Gasteiger charge is 2.41. The molecule has 1 unspecified atom stereocenters. The quantitative estimate of drug-likeness (QED) is 0.721. The molecule has 0 saturated heterocycles. The van der Waals surface area contributed by atoms with E-state index >= 15 is 0 Å². The molecule has 8 heteroatoms. The van der Waals surface area contributed by atoms with Gasteiger partial charge in [0.25, 0.3) is 5.91 Å². The first-order valence-corrected chi connectivity index (χ1v) is 8.99. The molecule has 2 aromatic rings. The fourth-order valence-corrected chi connectivity index (χ4v) is 2.29. The number of rotatable bonds is 6. The van der Waals surface area contributed by atoms with Gasteiger partial charge >= 0.3 is 6.09 Å². The molecule has 7 nitrogen and oxygen atoms in total. The van der Waals surface area contributed by atoms with Gasteiger partial charge in [-0.2, -0.15) is 0 Å². The second kappa shape index (κ2) is 8.91. The van der Waals surface area contributed by atoms with Crippen molar-refractivity contribution in [3.8, 4) is 5.75 Å². The maximum atomic E-state index is 13.3. The minimum Gasteiger partial charge on any atom is -0.444 e. The summed E-state index contributed by atoms with van der Waals surface area (Å²) >= 11 is 0. The van der Waals surface area contributed by atoms with E-state index in [9.17, 15) is 19.1 Å². The minimum absolute atomic E-state index is 0.196. The van der Waals surface area contributed by atoms with Gasteiger partial charge in [0, 0.05) is 0 Å². The van der Waals surface area contributed by atoms with Gasteiger partial charge in [-0.15, -0.1) is 5.06 Å². The van der Waals surface area contributed by atoms with Crippen LogP contribution in [-0.2, 0) is 9.53 Å². The van der Waals surface area contributed by atoms with Crippen LogP contribution >= 0.6 is 0 Å². The number of hydroxylamine groups is 1. The van der Waals surface area contributed by atoms with E-state index in [2.05, 4.69) is 5.32 Å². The summed E-state index contributed by atoms with van der Waals surface area (Å²) in [5.41, 5.74) is -2.17. The molecular formula is C21H25FN2O5. The Labute approximate surface area is 169 Å². The Kier molecular flexibility index (Phi) is 6.81. The molecule has 0 aliphatic heterocycles. The maximum Gasteiger partial charge on any atom is 0.408 e. The third kappa shape index (κ3) is 6.18. The van der Waals surface area contributed by atoms with Crippen molar-refractivity contribution >= 4 is 17.7 Å². The first-order valence-electron chi connectivity index (χ1n) is 8.99. The third-order valence-corrected chi connectivity index (χ3v) is 3.75. The summed E-state index contributed by atoms with van der Waals surface area (Å²) in [5, 5.41) is 13.2. The molecule has 156 valence electrons. The molecule has 0 bridgehead atoms. The number of aliphatic hydroxyl groups is 1. The third-order valence-electron chi connectivity index (χ3n) is 3.75. The van der Waals surface area contributed by atoms with Gasteiger partial charge < -0.3 is 20.0 Å². The van der Waals surface area contributed by atoms with Gasteiger partial charge in [-0.1, -0.05) is 18.2 Å². The molecule has 0 aliphatic rings.